The lowest BCUT2D eigenvalue weighted by atomic mass is 9.83. The van der Waals surface area contributed by atoms with Crippen molar-refractivity contribution in [3.05, 3.63) is 190 Å². The summed E-state index contributed by atoms with van der Waals surface area (Å²) in [6.45, 7) is 8.08. The molecule has 4 N–H and O–H groups in total. The van der Waals surface area contributed by atoms with Gasteiger partial charge in [-0.15, -0.1) is 0 Å². The van der Waals surface area contributed by atoms with Crippen molar-refractivity contribution in [1.29, 1.82) is 0 Å². The predicted molar refractivity (Wildman–Crippen MR) is 268 cm³/mol. The number of halogens is 6. The molecule has 0 bridgehead atoms. The average molecular weight is 1060 g/mol. The number of carbonyl (C=O) groups excluding carboxylic acids is 2. The number of hydrogen-bond donors (Lipinski definition) is 2. The molecule has 4 heterocycles. The Kier molecular flexibility index (Phi) is 12.5. The Morgan fingerprint density at radius 1 is 0.514 bits per heavy atom. The largest absolute Gasteiger partial charge is 0.435 e. The van der Waals surface area contributed by atoms with Crippen LogP contribution in [-0.2, 0) is 53.6 Å². The second kappa shape index (κ2) is 18.1. The number of amides is 2. The highest BCUT2D eigenvalue weighted by atomic mass is 32.2. The number of allylic oxidation sites excluding steroid dienone is 6. The van der Waals surface area contributed by atoms with Gasteiger partial charge in [0.2, 0.25) is 20.0 Å². The van der Waals surface area contributed by atoms with E-state index in [4.69, 9.17) is 10.3 Å². The van der Waals surface area contributed by atoms with Crippen LogP contribution in [0.4, 0.5) is 49.1 Å². The van der Waals surface area contributed by atoms with Crippen LogP contribution >= 0.6 is 0 Å². The average Bonchev–Trinajstić information content (AvgIpc) is 3.98. The molecule has 0 saturated carbocycles. The quantitative estimate of drug-likeness (QED) is 0.102. The van der Waals surface area contributed by atoms with Crippen LogP contribution in [0.3, 0.4) is 0 Å². The number of para-hydroxylation sites is 2. The fraction of sp³-hybridized carbons (Fsp3) is 0.192. The van der Waals surface area contributed by atoms with Crippen molar-refractivity contribution in [2.24, 2.45) is 20.5 Å². The Bertz CT molecular complexity index is 3380. The molecule has 74 heavy (non-hydrogen) atoms. The fourth-order valence-corrected chi connectivity index (χ4v) is 10.7. The van der Waals surface area contributed by atoms with E-state index in [1.807, 2.05) is 110 Å². The van der Waals surface area contributed by atoms with Crippen molar-refractivity contribution in [1.82, 2.24) is 0 Å². The maximum absolute atomic E-state index is 14.6. The summed E-state index contributed by atoms with van der Waals surface area (Å²) >= 11 is 0. The van der Waals surface area contributed by atoms with Crippen LogP contribution in [0.2, 0.25) is 0 Å². The number of nitrogens with zero attached hydrogens (tertiary/aromatic N) is 6. The van der Waals surface area contributed by atoms with E-state index in [0.29, 0.717) is 21.4 Å². The minimum atomic E-state index is -5.07. The van der Waals surface area contributed by atoms with Gasteiger partial charge in [0.05, 0.1) is 32.3 Å². The summed E-state index contributed by atoms with van der Waals surface area (Å²) in [5, 5.41) is 18.7. The van der Waals surface area contributed by atoms with Crippen molar-refractivity contribution < 1.29 is 52.8 Å². The molecule has 22 heteroatoms. The predicted octanol–water partition coefficient (Wildman–Crippen LogP) is 9.13. The molecule has 4 aliphatic rings. The Hall–Kier alpha value is -7.66. The Balaban J connectivity index is 1.02. The molecule has 0 radical (unpaired) electrons. The number of alkyl halides is 6. The molecular weight excluding hydrogens is 1010 g/mol. The van der Waals surface area contributed by atoms with Crippen molar-refractivity contribution >= 4 is 66.0 Å². The maximum atomic E-state index is 14.6. The van der Waals surface area contributed by atoms with Crippen molar-refractivity contribution in [2.45, 2.75) is 73.8 Å². The Morgan fingerprint density at radius 3 is 1.20 bits per heavy atom. The van der Waals surface area contributed by atoms with Crippen LogP contribution in [0.15, 0.2) is 188 Å². The smallest absolute Gasteiger partial charge is 0.340 e. The van der Waals surface area contributed by atoms with Crippen molar-refractivity contribution in [3.63, 3.8) is 0 Å². The summed E-state index contributed by atoms with van der Waals surface area (Å²) in [6, 6.07) is 31.5. The zero-order chi connectivity index (χ0) is 53.5. The van der Waals surface area contributed by atoms with Crippen LogP contribution in [0.1, 0.15) is 49.9 Å². The van der Waals surface area contributed by atoms with Gasteiger partial charge in [-0.05, 0) is 95.1 Å². The first-order chi connectivity index (χ1) is 34.6. The second-order valence-electron chi connectivity index (χ2n) is 18.7. The third kappa shape index (κ3) is 9.33. The van der Waals surface area contributed by atoms with Gasteiger partial charge in [0, 0.05) is 46.7 Å². The molecule has 9 rings (SSSR count). The number of benzene rings is 5. The van der Waals surface area contributed by atoms with Crippen molar-refractivity contribution in [2.75, 3.05) is 19.8 Å². The highest BCUT2D eigenvalue weighted by Crippen LogP contribution is 2.50. The van der Waals surface area contributed by atoms with Gasteiger partial charge >= 0.3 is 12.4 Å². The normalized spacial score (nSPS) is 19.8. The maximum Gasteiger partial charge on any atom is 0.435 e. The lowest BCUT2D eigenvalue weighted by Crippen LogP contribution is -2.27. The van der Waals surface area contributed by atoms with E-state index in [2.05, 4.69) is 10.2 Å². The van der Waals surface area contributed by atoms with Gasteiger partial charge in [0.1, 0.15) is 0 Å². The minimum absolute atomic E-state index is 0.231. The summed E-state index contributed by atoms with van der Waals surface area (Å²) in [4.78, 5) is 30.5. The first-order valence-corrected chi connectivity index (χ1v) is 25.6. The molecule has 0 aromatic heterocycles. The van der Waals surface area contributed by atoms with E-state index in [0.717, 1.165) is 70.0 Å². The summed E-state index contributed by atoms with van der Waals surface area (Å²) in [5.41, 5.74) is -0.558. The molecule has 0 atom stereocenters. The SMILES string of the molecule is CC1(C)/C(=C\C=C2/C(=O)N(c3cccc(S(N)(=O)=O)c3)N=C2C(F)(F)F)N(Cc2ccc(CN3/C(=C/C=C4\C(=O)N(c5cccc(S(N)(=O)=O)c5)N=C4C(F)(F)F)C(C)(C)c4ccccc43)cc2)c2ccccc21. The third-order valence-electron chi connectivity index (χ3n) is 13.2. The summed E-state index contributed by atoms with van der Waals surface area (Å²) in [7, 11) is -8.54. The van der Waals surface area contributed by atoms with Crippen LogP contribution in [0.25, 0.3) is 0 Å². The number of anilines is 4. The standard InChI is InChI=1S/C52H44F6N8O6S2/c1-49(2)39-15-5-7-17-41(39)63(43(49)25-23-37-45(51(53,54)55)61-65(47(37)67)33-11-9-13-35(27-33)73(59,69)70)29-31-19-21-32(22-20-31)30-64-42-18-8-6-16-40(42)50(3,4)44(64)26-24-38-46(52(56,57)58)62-66(48(38)68)34-12-10-14-36(28-34)74(60,71)72/h5-28H,29-30H2,1-4H3,(H2,59,69,70)(H2,60,71,72)/b37-23-,38-24-,43-25+,44-26+. The number of rotatable bonds is 10. The van der Waals surface area contributed by atoms with Crippen LogP contribution < -0.4 is 30.1 Å². The van der Waals surface area contributed by atoms with E-state index in [-0.39, 0.29) is 24.5 Å². The van der Waals surface area contributed by atoms with Crippen LogP contribution in [0.5, 0.6) is 0 Å². The molecule has 5 aromatic carbocycles. The molecule has 0 saturated heterocycles. The molecule has 0 spiro atoms. The minimum Gasteiger partial charge on any atom is -0.340 e. The van der Waals surface area contributed by atoms with E-state index in [1.54, 1.807) is 0 Å². The summed E-state index contributed by atoms with van der Waals surface area (Å²) in [6.07, 6.45) is -5.10. The van der Waals surface area contributed by atoms with E-state index < -0.39 is 87.4 Å². The molecule has 5 aromatic rings. The molecule has 14 nitrogen and oxygen atoms in total. The van der Waals surface area contributed by atoms with Gasteiger partial charge in [-0.1, -0.05) is 100 Å². The first-order valence-electron chi connectivity index (χ1n) is 22.5. The molecular formula is C52H44F6N8O6S2. The number of hydrazone groups is 2. The lowest BCUT2D eigenvalue weighted by molar-refractivity contribution is -0.115. The molecule has 4 aliphatic heterocycles. The lowest BCUT2D eigenvalue weighted by Gasteiger charge is -2.28. The highest BCUT2D eigenvalue weighted by Gasteiger charge is 2.49. The molecule has 2 amide bonds. The van der Waals surface area contributed by atoms with Gasteiger partial charge in [-0.25, -0.2) is 27.1 Å². The number of primary sulfonamides is 2. The Labute approximate surface area is 421 Å². The molecule has 0 fully saturated rings. The van der Waals surface area contributed by atoms with Gasteiger partial charge in [0.25, 0.3) is 11.8 Å². The molecule has 382 valence electrons. The molecule has 0 unspecified atom stereocenters. The topological polar surface area (TPSA) is 192 Å². The van der Waals surface area contributed by atoms with E-state index in [9.17, 15) is 52.8 Å². The Morgan fingerprint density at radius 2 is 0.865 bits per heavy atom. The van der Waals surface area contributed by atoms with Crippen molar-refractivity contribution in [3.8, 4) is 0 Å². The van der Waals surface area contributed by atoms with E-state index >= 15 is 0 Å². The van der Waals surface area contributed by atoms with E-state index in [1.165, 1.54) is 36.4 Å². The number of nitrogens with two attached hydrogens (primary N) is 2. The number of carbonyl (C=O) groups is 2. The van der Waals surface area contributed by atoms with Gasteiger partial charge in [-0.2, -0.15) is 46.6 Å². The van der Waals surface area contributed by atoms with Gasteiger partial charge in [-0.3, -0.25) is 9.59 Å². The number of fused-ring (bicyclic) bond motifs is 2. The monoisotopic (exact) mass is 1050 g/mol. The summed E-state index contributed by atoms with van der Waals surface area (Å²) in [5.74, 6) is -2.28. The second-order valence-corrected chi connectivity index (χ2v) is 21.9. The number of hydrogen-bond acceptors (Lipinski definition) is 10. The fourth-order valence-electron chi connectivity index (χ4n) is 9.55. The third-order valence-corrected chi connectivity index (χ3v) is 15.0. The van der Waals surface area contributed by atoms with Gasteiger partial charge in [0.15, 0.2) is 11.4 Å². The highest BCUT2D eigenvalue weighted by molar-refractivity contribution is 7.89. The number of sulfonamides is 2. The zero-order valence-electron chi connectivity index (χ0n) is 39.6. The zero-order valence-corrected chi connectivity index (χ0v) is 41.3. The van der Waals surface area contributed by atoms with Crippen LogP contribution in [-0.4, -0.2) is 52.4 Å². The molecule has 0 aliphatic carbocycles. The van der Waals surface area contributed by atoms with Gasteiger partial charge < -0.3 is 9.80 Å². The summed E-state index contributed by atoms with van der Waals surface area (Å²) < 4.78 is 136. The van der Waals surface area contributed by atoms with Crippen LogP contribution in [0, 0.1) is 0 Å². The first kappa shape index (κ1) is 51.2.